The Morgan fingerprint density at radius 1 is 1.29 bits per heavy atom. The predicted octanol–water partition coefficient (Wildman–Crippen LogP) is 4.51. The van der Waals surface area contributed by atoms with E-state index >= 15 is 0 Å². The summed E-state index contributed by atoms with van der Waals surface area (Å²) in [7, 11) is 0. The van der Waals surface area contributed by atoms with Gasteiger partial charge in [-0.3, -0.25) is 4.79 Å². The molecule has 4 nitrogen and oxygen atoms in total. The molecule has 1 fully saturated rings. The number of allylic oxidation sites excluding steroid dienone is 2. The third-order valence-corrected chi connectivity index (χ3v) is 6.21. The predicted molar refractivity (Wildman–Crippen MR) is 115 cm³/mol. The quantitative estimate of drug-likeness (QED) is 0.339. The van der Waals surface area contributed by atoms with Crippen molar-refractivity contribution in [3.63, 3.8) is 0 Å². The summed E-state index contributed by atoms with van der Waals surface area (Å²) >= 11 is 0. The second-order valence-corrected chi connectivity index (χ2v) is 9.11. The summed E-state index contributed by atoms with van der Waals surface area (Å²) in [6.45, 7) is 6.15. The maximum absolute atomic E-state index is 11.7. The zero-order valence-corrected chi connectivity index (χ0v) is 18.1. The molecule has 0 spiro atoms. The van der Waals surface area contributed by atoms with E-state index in [1.54, 1.807) is 0 Å². The van der Waals surface area contributed by atoms with E-state index in [0.717, 1.165) is 51.4 Å². The third kappa shape index (κ3) is 7.36. The highest BCUT2D eigenvalue weighted by Gasteiger charge is 2.43. The lowest BCUT2D eigenvalue weighted by atomic mass is 9.88. The molecule has 28 heavy (non-hydrogen) atoms. The monoisotopic (exact) mass is 391 g/mol. The second kappa shape index (κ2) is 11.8. The summed E-state index contributed by atoms with van der Waals surface area (Å²) in [5.41, 5.74) is 1.49. The maximum atomic E-state index is 11.7. The van der Waals surface area contributed by atoms with Crippen molar-refractivity contribution in [2.45, 2.75) is 103 Å². The Kier molecular flexibility index (Phi) is 9.73. The fraction of sp³-hybridized carbons (Fsp3) is 0.792. The fourth-order valence-electron chi connectivity index (χ4n) is 4.78. The Morgan fingerprint density at radius 2 is 2.07 bits per heavy atom. The van der Waals surface area contributed by atoms with Crippen LogP contribution in [0.25, 0.3) is 0 Å². The molecule has 2 aliphatic carbocycles. The lowest BCUT2D eigenvalue weighted by Gasteiger charge is -2.19. The van der Waals surface area contributed by atoms with E-state index in [4.69, 9.17) is 0 Å². The van der Waals surface area contributed by atoms with Gasteiger partial charge < -0.3 is 15.5 Å². The van der Waals surface area contributed by atoms with Crippen molar-refractivity contribution in [3.05, 3.63) is 23.8 Å². The van der Waals surface area contributed by atoms with Gasteiger partial charge in [-0.2, -0.15) is 0 Å². The first-order chi connectivity index (χ1) is 13.4. The lowest BCUT2D eigenvalue weighted by Crippen LogP contribution is -2.29. The molecule has 1 amide bonds. The average Bonchev–Trinajstić information content (AvgIpc) is 3.13. The molecule has 4 heteroatoms. The number of carbonyl (C=O) groups excluding carboxylic acids is 1. The largest absolute Gasteiger partial charge is 0.392 e. The molecule has 0 aromatic heterocycles. The van der Waals surface area contributed by atoms with Gasteiger partial charge in [-0.15, -0.1) is 0 Å². The van der Waals surface area contributed by atoms with Gasteiger partial charge in [0.15, 0.2) is 0 Å². The average molecular weight is 392 g/mol. The maximum Gasteiger partial charge on any atom is 0.220 e. The van der Waals surface area contributed by atoms with Gasteiger partial charge in [0.05, 0.1) is 12.2 Å². The number of fused-ring (bicyclic) bond motifs is 1. The Morgan fingerprint density at radius 3 is 2.79 bits per heavy atom. The van der Waals surface area contributed by atoms with Crippen molar-refractivity contribution >= 4 is 5.91 Å². The molecule has 0 aliphatic heterocycles. The van der Waals surface area contributed by atoms with Gasteiger partial charge in [0, 0.05) is 18.4 Å². The Bertz CT molecular complexity index is 540. The van der Waals surface area contributed by atoms with Crippen LogP contribution in [0.2, 0.25) is 0 Å². The Hall–Kier alpha value is -1.13. The molecule has 0 aromatic rings. The van der Waals surface area contributed by atoms with Crippen LogP contribution in [-0.4, -0.2) is 34.4 Å². The number of nitrogens with one attached hydrogen (secondary N) is 1. The summed E-state index contributed by atoms with van der Waals surface area (Å²) in [4.78, 5) is 11.7. The van der Waals surface area contributed by atoms with Crippen LogP contribution < -0.4 is 5.32 Å². The van der Waals surface area contributed by atoms with Gasteiger partial charge in [0.2, 0.25) is 5.91 Å². The van der Waals surface area contributed by atoms with Crippen molar-refractivity contribution in [3.8, 4) is 0 Å². The van der Waals surface area contributed by atoms with Crippen LogP contribution in [0.15, 0.2) is 23.8 Å². The summed E-state index contributed by atoms with van der Waals surface area (Å²) in [5, 5.41) is 23.5. The van der Waals surface area contributed by atoms with Crippen LogP contribution in [0, 0.1) is 17.8 Å². The van der Waals surface area contributed by atoms with E-state index in [2.05, 4.69) is 24.4 Å². The molecule has 2 rings (SSSR count). The van der Waals surface area contributed by atoms with Gasteiger partial charge in [-0.05, 0) is 64.2 Å². The molecule has 2 aliphatic rings. The second-order valence-electron chi connectivity index (χ2n) is 9.11. The molecule has 160 valence electrons. The smallest absolute Gasteiger partial charge is 0.220 e. The number of aliphatic hydroxyl groups is 2. The molecule has 0 radical (unpaired) electrons. The SMILES string of the molecule is CCCCC[C@H](O)C=C[C@@H]1[C@H]2CC(CCCCC(=O)NC(C)C)=C[C@H]2C[C@H]1O. The normalized spacial score (nSPS) is 28.0. The van der Waals surface area contributed by atoms with E-state index in [-0.39, 0.29) is 30.1 Å². The minimum absolute atomic E-state index is 0.151. The Balaban J connectivity index is 1.73. The first-order valence-electron chi connectivity index (χ1n) is 11.4. The van der Waals surface area contributed by atoms with Crippen LogP contribution in [0.3, 0.4) is 0 Å². The number of aliphatic hydroxyl groups excluding tert-OH is 2. The van der Waals surface area contributed by atoms with Crippen LogP contribution in [0.5, 0.6) is 0 Å². The van der Waals surface area contributed by atoms with Crippen LogP contribution >= 0.6 is 0 Å². The first kappa shape index (κ1) is 23.2. The molecule has 0 heterocycles. The van der Waals surface area contributed by atoms with Crippen molar-refractivity contribution in [1.29, 1.82) is 0 Å². The molecule has 0 aromatic carbocycles. The molecular formula is C24H41NO3. The van der Waals surface area contributed by atoms with Crippen molar-refractivity contribution in [1.82, 2.24) is 5.32 Å². The molecule has 0 bridgehead atoms. The van der Waals surface area contributed by atoms with Gasteiger partial charge >= 0.3 is 0 Å². The molecule has 1 saturated carbocycles. The van der Waals surface area contributed by atoms with Crippen LogP contribution in [0.1, 0.15) is 85.0 Å². The molecule has 3 N–H and O–H groups in total. The van der Waals surface area contributed by atoms with E-state index in [9.17, 15) is 15.0 Å². The summed E-state index contributed by atoms with van der Waals surface area (Å²) < 4.78 is 0. The van der Waals surface area contributed by atoms with Crippen LogP contribution in [0.4, 0.5) is 0 Å². The first-order valence-corrected chi connectivity index (χ1v) is 11.4. The van der Waals surface area contributed by atoms with E-state index in [1.807, 2.05) is 19.9 Å². The summed E-state index contributed by atoms with van der Waals surface area (Å²) in [6, 6.07) is 0.214. The van der Waals surface area contributed by atoms with E-state index < -0.39 is 0 Å². The molecule has 5 atom stereocenters. The van der Waals surface area contributed by atoms with Crippen LogP contribution in [-0.2, 0) is 4.79 Å². The van der Waals surface area contributed by atoms with Crippen molar-refractivity contribution < 1.29 is 15.0 Å². The number of rotatable bonds is 12. The number of hydrogen-bond acceptors (Lipinski definition) is 3. The number of unbranched alkanes of at least 4 members (excludes halogenated alkanes) is 3. The minimum Gasteiger partial charge on any atom is -0.392 e. The lowest BCUT2D eigenvalue weighted by molar-refractivity contribution is -0.121. The summed E-state index contributed by atoms with van der Waals surface area (Å²) in [6.07, 6.45) is 15.5. The molecule has 0 saturated heterocycles. The van der Waals surface area contributed by atoms with E-state index in [0.29, 0.717) is 18.3 Å². The third-order valence-electron chi connectivity index (χ3n) is 6.21. The highest BCUT2D eigenvalue weighted by atomic mass is 16.3. The zero-order valence-electron chi connectivity index (χ0n) is 18.1. The minimum atomic E-state index is -0.386. The Labute approximate surface area is 171 Å². The standard InChI is InChI=1S/C24H41NO3/c1-4-5-6-10-20(26)12-13-21-22-15-18(14-19(22)16-23(21)27)9-7-8-11-24(28)25-17(2)3/h12-14,17,19-23,26-27H,4-11,15-16H2,1-3H3,(H,25,28)/t19-,20-,21+,22-,23+/m0/s1. The van der Waals surface area contributed by atoms with Crippen molar-refractivity contribution in [2.24, 2.45) is 17.8 Å². The van der Waals surface area contributed by atoms with Gasteiger partial charge in [-0.1, -0.05) is 50.0 Å². The van der Waals surface area contributed by atoms with Gasteiger partial charge in [-0.25, -0.2) is 0 Å². The topological polar surface area (TPSA) is 69.6 Å². The highest BCUT2D eigenvalue weighted by molar-refractivity contribution is 5.76. The molecular weight excluding hydrogens is 350 g/mol. The number of carbonyl (C=O) groups is 1. The fourth-order valence-corrected chi connectivity index (χ4v) is 4.78. The van der Waals surface area contributed by atoms with Crippen molar-refractivity contribution in [2.75, 3.05) is 0 Å². The van der Waals surface area contributed by atoms with Gasteiger partial charge in [0.1, 0.15) is 0 Å². The van der Waals surface area contributed by atoms with Gasteiger partial charge in [0.25, 0.3) is 0 Å². The summed E-state index contributed by atoms with van der Waals surface area (Å²) in [5.74, 6) is 1.27. The molecule has 0 unspecified atom stereocenters. The van der Waals surface area contributed by atoms with E-state index in [1.165, 1.54) is 12.0 Å². The number of amides is 1. The highest BCUT2D eigenvalue weighted by Crippen LogP contribution is 2.48. The number of hydrogen-bond donors (Lipinski definition) is 3. The zero-order chi connectivity index (χ0) is 20.5.